The van der Waals surface area contributed by atoms with Gasteiger partial charge in [0.05, 0.1) is 18.8 Å². The van der Waals surface area contributed by atoms with Crippen LogP contribution in [-0.4, -0.2) is 25.9 Å². The van der Waals surface area contributed by atoms with Crippen LogP contribution in [0, 0.1) is 5.41 Å². The summed E-state index contributed by atoms with van der Waals surface area (Å²) in [5, 5.41) is 0. The van der Waals surface area contributed by atoms with Crippen molar-refractivity contribution in [2.24, 2.45) is 5.41 Å². The highest BCUT2D eigenvalue weighted by atomic mass is 16.5. The smallest absolute Gasteiger partial charge is 0.0624 e. The van der Waals surface area contributed by atoms with Gasteiger partial charge < -0.3 is 9.47 Å². The van der Waals surface area contributed by atoms with E-state index in [1.54, 1.807) is 7.11 Å². The van der Waals surface area contributed by atoms with Gasteiger partial charge in [0.2, 0.25) is 0 Å². The number of ether oxygens (including phenoxy) is 2. The molecule has 0 aromatic heterocycles. The molecule has 0 bridgehead atoms. The summed E-state index contributed by atoms with van der Waals surface area (Å²) >= 11 is 0. The fourth-order valence-electron chi connectivity index (χ4n) is 1.07. The Bertz CT molecular complexity index is 154. The van der Waals surface area contributed by atoms with Gasteiger partial charge >= 0.3 is 0 Å². The van der Waals surface area contributed by atoms with Crippen LogP contribution < -0.4 is 0 Å². The van der Waals surface area contributed by atoms with E-state index in [0.717, 1.165) is 26.1 Å². The molecule has 0 spiro atoms. The third-order valence-electron chi connectivity index (χ3n) is 3.01. The van der Waals surface area contributed by atoms with Gasteiger partial charge in [-0.15, -0.1) is 0 Å². The van der Waals surface area contributed by atoms with E-state index in [1.165, 1.54) is 0 Å². The molecule has 0 aliphatic rings. The van der Waals surface area contributed by atoms with Crippen molar-refractivity contribution >= 4 is 0 Å². The third kappa shape index (κ3) is 4.97. The summed E-state index contributed by atoms with van der Waals surface area (Å²) < 4.78 is 11.1. The molecule has 1 atom stereocenters. The quantitative estimate of drug-likeness (QED) is 0.631. The van der Waals surface area contributed by atoms with Gasteiger partial charge in [-0.25, -0.2) is 0 Å². The van der Waals surface area contributed by atoms with Gasteiger partial charge in [-0.2, -0.15) is 0 Å². The SMILES string of the molecule is CCC(C)(COC)COC(C)(C)CC. The summed E-state index contributed by atoms with van der Waals surface area (Å²) in [6.07, 6.45) is 2.13. The summed E-state index contributed by atoms with van der Waals surface area (Å²) in [6, 6.07) is 0. The van der Waals surface area contributed by atoms with Crippen molar-refractivity contribution in [1.29, 1.82) is 0 Å². The predicted molar refractivity (Wildman–Crippen MR) is 60.6 cm³/mol. The van der Waals surface area contributed by atoms with Gasteiger partial charge in [0.15, 0.2) is 0 Å². The largest absolute Gasteiger partial charge is 0.384 e. The van der Waals surface area contributed by atoms with Gasteiger partial charge in [0, 0.05) is 12.5 Å². The molecule has 86 valence electrons. The maximum atomic E-state index is 5.91. The van der Waals surface area contributed by atoms with Crippen LogP contribution >= 0.6 is 0 Å². The second kappa shape index (κ2) is 5.72. The minimum Gasteiger partial charge on any atom is -0.384 e. The topological polar surface area (TPSA) is 18.5 Å². The van der Waals surface area contributed by atoms with E-state index >= 15 is 0 Å². The Morgan fingerprint density at radius 3 is 1.86 bits per heavy atom. The molecule has 0 rings (SSSR count). The van der Waals surface area contributed by atoms with Crippen LogP contribution in [0.1, 0.15) is 47.5 Å². The summed E-state index contributed by atoms with van der Waals surface area (Å²) in [4.78, 5) is 0. The molecular formula is C12H26O2. The second-order valence-corrected chi connectivity index (χ2v) is 5.00. The molecule has 0 amide bonds. The highest BCUT2D eigenvalue weighted by Crippen LogP contribution is 2.25. The summed E-state index contributed by atoms with van der Waals surface area (Å²) in [7, 11) is 1.75. The Hall–Kier alpha value is -0.0800. The Morgan fingerprint density at radius 2 is 1.50 bits per heavy atom. The van der Waals surface area contributed by atoms with Crippen LogP contribution in [0.25, 0.3) is 0 Å². The lowest BCUT2D eigenvalue weighted by Crippen LogP contribution is -2.34. The highest BCUT2D eigenvalue weighted by Gasteiger charge is 2.26. The van der Waals surface area contributed by atoms with E-state index < -0.39 is 0 Å². The lowest BCUT2D eigenvalue weighted by Gasteiger charge is -2.32. The zero-order chi connectivity index (χ0) is 11.2. The predicted octanol–water partition coefficient (Wildman–Crippen LogP) is 3.25. The molecule has 0 aromatic carbocycles. The van der Waals surface area contributed by atoms with Crippen LogP contribution in [0.15, 0.2) is 0 Å². The normalized spacial score (nSPS) is 16.7. The first-order valence-corrected chi connectivity index (χ1v) is 5.52. The van der Waals surface area contributed by atoms with Gasteiger partial charge in [-0.3, -0.25) is 0 Å². The molecule has 0 aliphatic heterocycles. The number of rotatable bonds is 7. The minimum absolute atomic E-state index is 0.00975. The molecule has 0 radical (unpaired) electrons. The van der Waals surface area contributed by atoms with Crippen molar-refractivity contribution < 1.29 is 9.47 Å². The molecule has 0 aromatic rings. The van der Waals surface area contributed by atoms with Crippen LogP contribution in [0.5, 0.6) is 0 Å². The fourth-order valence-corrected chi connectivity index (χ4v) is 1.07. The van der Waals surface area contributed by atoms with E-state index in [0.29, 0.717) is 0 Å². The number of hydrogen-bond donors (Lipinski definition) is 0. The highest BCUT2D eigenvalue weighted by molar-refractivity contribution is 4.74. The first kappa shape index (κ1) is 13.9. The maximum absolute atomic E-state index is 5.91. The zero-order valence-corrected chi connectivity index (χ0v) is 10.6. The van der Waals surface area contributed by atoms with E-state index in [9.17, 15) is 0 Å². The van der Waals surface area contributed by atoms with Crippen molar-refractivity contribution in [1.82, 2.24) is 0 Å². The molecule has 0 heterocycles. The summed E-state index contributed by atoms with van der Waals surface area (Å²) in [6.45, 7) is 12.4. The molecule has 1 unspecified atom stereocenters. The Morgan fingerprint density at radius 1 is 0.929 bits per heavy atom. The van der Waals surface area contributed by atoms with E-state index in [2.05, 4.69) is 34.6 Å². The van der Waals surface area contributed by atoms with Gasteiger partial charge in [0.1, 0.15) is 0 Å². The average molecular weight is 202 g/mol. The average Bonchev–Trinajstić information content (AvgIpc) is 2.16. The van der Waals surface area contributed by atoms with Crippen molar-refractivity contribution in [2.75, 3.05) is 20.3 Å². The first-order chi connectivity index (χ1) is 6.39. The number of methoxy groups -OCH3 is 1. The second-order valence-electron chi connectivity index (χ2n) is 5.00. The molecule has 0 N–H and O–H groups in total. The maximum Gasteiger partial charge on any atom is 0.0624 e. The molecule has 0 saturated heterocycles. The molecule has 2 heteroatoms. The summed E-state index contributed by atoms with van der Waals surface area (Å²) in [5.74, 6) is 0. The molecule has 0 aliphatic carbocycles. The molecule has 0 fully saturated rings. The van der Waals surface area contributed by atoms with Crippen LogP contribution in [-0.2, 0) is 9.47 Å². The third-order valence-corrected chi connectivity index (χ3v) is 3.01. The molecule has 0 saturated carbocycles. The van der Waals surface area contributed by atoms with E-state index in [4.69, 9.17) is 9.47 Å². The first-order valence-electron chi connectivity index (χ1n) is 5.52. The lowest BCUT2D eigenvalue weighted by atomic mass is 9.89. The van der Waals surface area contributed by atoms with Gasteiger partial charge in [-0.1, -0.05) is 20.8 Å². The van der Waals surface area contributed by atoms with Crippen molar-refractivity contribution in [3.8, 4) is 0 Å². The van der Waals surface area contributed by atoms with Crippen LogP contribution in [0.2, 0.25) is 0 Å². The standard InChI is InChI=1S/C12H26O2/c1-7-11(3,4)14-10-12(5,8-2)9-13-6/h7-10H2,1-6H3. The van der Waals surface area contributed by atoms with Crippen molar-refractivity contribution in [3.05, 3.63) is 0 Å². The fraction of sp³-hybridized carbons (Fsp3) is 1.00. The van der Waals surface area contributed by atoms with Crippen molar-refractivity contribution in [3.63, 3.8) is 0 Å². The lowest BCUT2D eigenvalue weighted by molar-refractivity contribution is -0.0789. The molecule has 14 heavy (non-hydrogen) atoms. The Labute approximate surface area is 89.0 Å². The van der Waals surface area contributed by atoms with Crippen LogP contribution in [0.4, 0.5) is 0 Å². The van der Waals surface area contributed by atoms with Crippen molar-refractivity contribution in [2.45, 2.75) is 53.1 Å². The Balaban J connectivity index is 4.06. The monoisotopic (exact) mass is 202 g/mol. The number of hydrogen-bond acceptors (Lipinski definition) is 2. The zero-order valence-electron chi connectivity index (χ0n) is 10.6. The molecule has 2 nitrogen and oxygen atoms in total. The van der Waals surface area contributed by atoms with Crippen LogP contribution in [0.3, 0.4) is 0 Å². The Kier molecular flexibility index (Phi) is 5.68. The summed E-state index contributed by atoms with van der Waals surface area (Å²) in [5.41, 5.74) is 0.144. The minimum atomic E-state index is -0.00975. The van der Waals surface area contributed by atoms with E-state index in [1.807, 2.05) is 0 Å². The van der Waals surface area contributed by atoms with Gasteiger partial charge in [0.25, 0.3) is 0 Å². The van der Waals surface area contributed by atoms with E-state index in [-0.39, 0.29) is 11.0 Å². The van der Waals surface area contributed by atoms with Gasteiger partial charge in [-0.05, 0) is 26.7 Å². The molecular weight excluding hydrogens is 176 g/mol.